The number of ether oxygens (including phenoxy) is 2. The second-order valence-electron chi connectivity index (χ2n) is 14.8. The topological polar surface area (TPSA) is 149 Å². The molecule has 1 fully saturated rings. The molecule has 0 aromatic carbocycles. The highest BCUT2D eigenvalue weighted by atomic mass is 16.7. The van der Waals surface area contributed by atoms with E-state index in [0.29, 0.717) is 12.8 Å². The summed E-state index contributed by atoms with van der Waals surface area (Å²) in [6, 6.07) is -0.722. The largest absolute Gasteiger partial charge is 0.394 e. The van der Waals surface area contributed by atoms with Crippen LogP contribution in [0, 0.1) is 0 Å². The van der Waals surface area contributed by atoms with Crippen molar-refractivity contribution in [1.29, 1.82) is 0 Å². The number of carbonyl (C=O) groups excluding carboxylic acids is 1. The van der Waals surface area contributed by atoms with Gasteiger partial charge >= 0.3 is 0 Å². The zero-order valence-corrected chi connectivity index (χ0v) is 32.6. The molecule has 0 saturated carbocycles. The number of aliphatic hydroxyl groups is 5. The fourth-order valence-corrected chi connectivity index (χ4v) is 6.60. The summed E-state index contributed by atoms with van der Waals surface area (Å²) in [5.74, 6) is -0.160. The summed E-state index contributed by atoms with van der Waals surface area (Å²) >= 11 is 0. The normalized spacial score (nSPS) is 22.2. The van der Waals surface area contributed by atoms with E-state index in [-0.39, 0.29) is 12.5 Å². The number of nitrogens with one attached hydrogen (secondary N) is 1. The number of rotatable bonds is 34. The molecule has 0 aromatic rings. The number of amides is 1. The van der Waals surface area contributed by atoms with Crippen LogP contribution in [0.1, 0.15) is 181 Å². The number of allylic oxidation sites excluding steroid dienone is 4. The SMILES string of the molecule is CCCCC/C=C/C/C=C/CCCCCCCC(=O)N[C@@H](CO[C@H]1O[C@@H](CO)[C@H](O)C(O)C1O)[C@H](O)CCCCCCCCCCCCCCC. The Morgan fingerprint density at radius 2 is 1.16 bits per heavy atom. The van der Waals surface area contributed by atoms with Crippen molar-refractivity contribution in [2.24, 2.45) is 0 Å². The molecule has 6 N–H and O–H groups in total. The average Bonchev–Trinajstić information content (AvgIpc) is 3.13. The van der Waals surface area contributed by atoms with Crippen LogP contribution in [-0.2, 0) is 14.3 Å². The minimum atomic E-state index is -1.55. The number of hydrogen-bond donors (Lipinski definition) is 6. The molecule has 1 rings (SSSR count). The van der Waals surface area contributed by atoms with E-state index in [4.69, 9.17) is 9.47 Å². The van der Waals surface area contributed by atoms with Crippen molar-refractivity contribution >= 4 is 5.91 Å². The van der Waals surface area contributed by atoms with Gasteiger partial charge in [0.1, 0.15) is 24.4 Å². The first kappa shape index (κ1) is 47.7. The van der Waals surface area contributed by atoms with Crippen LogP contribution in [0.3, 0.4) is 0 Å². The van der Waals surface area contributed by atoms with Crippen LogP contribution in [0.5, 0.6) is 0 Å². The Kier molecular flexibility index (Phi) is 31.1. The lowest BCUT2D eigenvalue weighted by atomic mass is 9.99. The summed E-state index contributed by atoms with van der Waals surface area (Å²) in [7, 11) is 0. The maximum Gasteiger partial charge on any atom is 0.220 e. The molecule has 1 heterocycles. The molecule has 300 valence electrons. The maximum atomic E-state index is 12.9. The lowest BCUT2D eigenvalue weighted by molar-refractivity contribution is -0.302. The van der Waals surface area contributed by atoms with Gasteiger partial charge in [-0.3, -0.25) is 4.79 Å². The monoisotopic (exact) mass is 726 g/mol. The van der Waals surface area contributed by atoms with Crippen molar-refractivity contribution in [1.82, 2.24) is 5.32 Å². The van der Waals surface area contributed by atoms with Crippen LogP contribution in [0.2, 0.25) is 0 Å². The minimum Gasteiger partial charge on any atom is -0.394 e. The van der Waals surface area contributed by atoms with Crippen molar-refractivity contribution in [3.8, 4) is 0 Å². The number of aliphatic hydroxyl groups excluding tert-OH is 5. The smallest absolute Gasteiger partial charge is 0.220 e. The van der Waals surface area contributed by atoms with Crippen LogP contribution >= 0.6 is 0 Å². The van der Waals surface area contributed by atoms with Gasteiger partial charge in [-0.05, 0) is 44.9 Å². The highest BCUT2D eigenvalue weighted by Crippen LogP contribution is 2.23. The van der Waals surface area contributed by atoms with E-state index in [1.54, 1.807) is 0 Å². The predicted octanol–water partition coefficient (Wildman–Crippen LogP) is 7.94. The lowest BCUT2D eigenvalue weighted by Gasteiger charge is -2.40. The van der Waals surface area contributed by atoms with E-state index in [0.717, 1.165) is 64.2 Å². The van der Waals surface area contributed by atoms with Gasteiger partial charge in [-0.25, -0.2) is 0 Å². The van der Waals surface area contributed by atoms with Gasteiger partial charge in [0.25, 0.3) is 0 Å². The number of hydrogen-bond acceptors (Lipinski definition) is 8. The third kappa shape index (κ3) is 24.6. The summed E-state index contributed by atoms with van der Waals surface area (Å²) in [6.07, 6.45) is 30.3. The van der Waals surface area contributed by atoms with Crippen LogP contribution in [0.15, 0.2) is 24.3 Å². The first-order chi connectivity index (χ1) is 24.8. The van der Waals surface area contributed by atoms with E-state index in [9.17, 15) is 30.3 Å². The Bertz CT molecular complexity index is 853. The molecule has 0 spiro atoms. The summed E-state index contributed by atoms with van der Waals surface area (Å²) < 4.78 is 11.2. The van der Waals surface area contributed by atoms with Gasteiger partial charge < -0.3 is 40.3 Å². The molecular weight excluding hydrogens is 646 g/mol. The summed E-state index contributed by atoms with van der Waals surface area (Å²) in [6.45, 7) is 3.78. The van der Waals surface area contributed by atoms with Gasteiger partial charge in [0.15, 0.2) is 6.29 Å². The van der Waals surface area contributed by atoms with Gasteiger partial charge in [0.2, 0.25) is 5.91 Å². The molecular formula is C42H79NO8. The predicted molar refractivity (Wildman–Crippen MR) is 207 cm³/mol. The Balaban J connectivity index is 2.39. The molecule has 7 atom stereocenters. The average molecular weight is 726 g/mol. The van der Waals surface area contributed by atoms with Crippen molar-refractivity contribution in [2.75, 3.05) is 13.2 Å². The Labute approximate surface area is 311 Å². The molecule has 1 aliphatic heterocycles. The van der Waals surface area contributed by atoms with E-state index in [1.165, 1.54) is 89.9 Å². The van der Waals surface area contributed by atoms with E-state index >= 15 is 0 Å². The summed E-state index contributed by atoms with van der Waals surface area (Å²) in [5, 5.41) is 54.2. The second kappa shape index (κ2) is 33.3. The molecule has 9 heteroatoms. The highest BCUT2D eigenvalue weighted by Gasteiger charge is 2.44. The first-order valence-electron chi connectivity index (χ1n) is 21.0. The van der Waals surface area contributed by atoms with E-state index in [2.05, 4.69) is 43.5 Å². The van der Waals surface area contributed by atoms with E-state index < -0.39 is 49.5 Å². The molecule has 1 amide bonds. The Hall–Kier alpha value is -1.33. The Morgan fingerprint density at radius 3 is 1.73 bits per heavy atom. The third-order valence-corrected chi connectivity index (χ3v) is 10.1. The summed E-state index contributed by atoms with van der Waals surface area (Å²) in [5.41, 5.74) is 0. The van der Waals surface area contributed by atoms with Crippen LogP contribution in [0.25, 0.3) is 0 Å². The van der Waals surface area contributed by atoms with Crippen molar-refractivity contribution in [2.45, 2.75) is 224 Å². The minimum absolute atomic E-state index is 0.143. The van der Waals surface area contributed by atoms with Crippen LogP contribution < -0.4 is 5.32 Å². The second-order valence-corrected chi connectivity index (χ2v) is 14.8. The van der Waals surface area contributed by atoms with Crippen LogP contribution in [-0.4, -0.2) is 87.5 Å². The third-order valence-electron chi connectivity index (χ3n) is 10.1. The lowest BCUT2D eigenvalue weighted by Crippen LogP contribution is -2.60. The first-order valence-corrected chi connectivity index (χ1v) is 21.0. The van der Waals surface area contributed by atoms with Gasteiger partial charge in [-0.2, -0.15) is 0 Å². The molecule has 0 bridgehead atoms. The zero-order valence-electron chi connectivity index (χ0n) is 32.6. The molecule has 51 heavy (non-hydrogen) atoms. The number of carbonyl (C=O) groups is 1. The van der Waals surface area contributed by atoms with Crippen molar-refractivity contribution < 1.29 is 39.8 Å². The van der Waals surface area contributed by atoms with Gasteiger partial charge in [0.05, 0.1) is 25.4 Å². The molecule has 9 nitrogen and oxygen atoms in total. The maximum absolute atomic E-state index is 12.9. The Morgan fingerprint density at radius 1 is 0.667 bits per heavy atom. The van der Waals surface area contributed by atoms with Crippen LogP contribution in [0.4, 0.5) is 0 Å². The number of unbranched alkanes of at least 4 members (excludes halogenated alkanes) is 20. The van der Waals surface area contributed by atoms with Gasteiger partial charge in [-0.15, -0.1) is 0 Å². The van der Waals surface area contributed by atoms with Crippen molar-refractivity contribution in [3.63, 3.8) is 0 Å². The highest BCUT2D eigenvalue weighted by molar-refractivity contribution is 5.76. The molecule has 0 aromatic heterocycles. The fraction of sp³-hybridized carbons (Fsp3) is 0.881. The molecule has 2 unspecified atom stereocenters. The van der Waals surface area contributed by atoms with Gasteiger partial charge in [-0.1, -0.05) is 154 Å². The standard InChI is InChI=1S/C42H79NO8/c1-3-5-7-9-11-13-15-17-18-20-22-24-26-28-30-32-38(46)43-35(34-50-42-41(49)40(48)39(47)37(33-44)51-42)36(45)31-29-27-25-23-21-19-16-14-12-10-8-6-4-2/h11,13,17-18,35-37,39-42,44-45,47-49H,3-10,12,14-16,19-34H2,1-2H3,(H,43,46)/b13-11+,18-17+/t35-,36+,37-,39-,40?,41?,42-/m0/s1. The fourth-order valence-electron chi connectivity index (χ4n) is 6.60. The molecule has 0 radical (unpaired) electrons. The van der Waals surface area contributed by atoms with E-state index in [1.807, 2.05) is 0 Å². The van der Waals surface area contributed by atoms with Gasteiger partial charge in [0, 0.05) is 6.42 Å². The molecule has 0 aliphatic carbocycles. The molecule has 1 saturated heterocycles. The zero-order chi connectivity index (χ0) is 37.4. The molecule has 1 aliphatic rings. The van der Waals surface area contributed by atoms with Crippen molar-refractivity contribution in [3.05, 3.63) is 24.3 Å². The summed E-state index contributed by atoms with van der Waals surface area (Å²) in [4.78, 5) is 12.9. The quantitative estimate of drug-likeness (QED) is 0.0289.